The van der Waals surface area contributed by atoms with Crippen molar-refractivity contribution in [1.82, 2.24) is 65.3 Å². The summed E-state index contributed by atoms with van der Waals surface area (Å²) in [7, 11) is 3.21. The predicted molar refractivity (Wildman–Crippen MR) is 216 cm³/mol. The van der Waals surface area contributed by atoms with E-state index in [4.69, 9.17) is 9.47 Å². The minimum absolute atomic E-state index is 0.114. The first-order chi connectivity index (χ1) is 29.2. The first-order valence-electron chi connectivity index (χ1n) is 20.1. The standard InChI is InChI=1S/C41H50FN13O5/c1-4-60-37(56)27-52-20-22-53(23-21-52)40(58)45-41(32-8-6-5-7-9-32)15-18-51(19-16-41)17-14-31(30-10-12-33(42)13-11-30)26-50(2)39(57)35-24-34(54-28-43-46-48-54)25-36(38(35)59-3)55-29-44-47-49-55/h5-13,24-25,28-29,31H,4,14-23,26-27H2,1-3H3,(H,45,58)/t31-/m1/s1. The molecule has 0 radical (unpaired) electrons. The Morgan fingerprint density at radius 3 is 2.20 bits per heavy atom. The van der Waals surface area contributed by atoms with E-state index in [1.54, 1.807) is 43.1 Å². The maximum absolute atomic E-state index is 14.4. The Morgan fingerprint density at radius 1 is 0.883 bits per heavy atom. The van der Waals surface area contributed by atoms with Gasteiger partial charge in [0.2, 0.25) is 0 Å². The lowest BCUT2D eigenvalue weighted by Crippen LogP contribution is -2.59. The summed E-state index contributed by atoms with van der Waals surface area (Å²) in [6.07, 6.45) is 4.91. The second-order valence-corrected chi connectivity index (χ2v) is 15.1. The van der Waals surface area contributed by atoms with Crippen LogP contribution in [0.5, 0.6) is 5.75 Å². The van der Waals surface area contributed by atoms with Crippen LogP contribution in [0, 0.1) is 5.82 Å². The molecular formula is C41H50FN13O5. The summed E-state index contributed by atoms with van der Waals surface area (Å²) in [5, 5.41) is 26.5. The quantitative estimate of drug-likeness (QED) is 0.152. The lowest BCUT2D eigenvalue weighted by molar-refractivity contribution is -0.144. The molecule has 4 heterocycles. The van der Waals surface area contributed by atoms with Crippen molar-refractivity contribution in [1.29, 1.82) is 0 Å². The van der Waals surface area contributed by atoms with Crippen molar-refractivity contribution in [2.75, 3.05) is 79.7 Å². The minimum atomic E-state index is -0.559. The van der Waals surface area contributed by atoms with Gasteiger partial charge in [-0.1, -0.05) is 42.5 Å². The number of methoxy groups -OCH3 is 1. The number of halogens is 1. The molecule has 2 aliphatic heterocycles. The number of benzene rings is 3. The molecule has 2 fully saturated rings. The lowest BCUT2D eigenvalue weighted by Gasteiger charge is -2.44. The van der Waals surface area contributed by atoms with Gasteiger partial charge in [-0.25, -0.2) is 13.9 Å². The molecule has 2 saturated heterocycles. The molecule has 1 N–H and O–H groups in total. The summed E-state index contributed by atoms with van der Waals surface area (Å²) in [5.74, 6) is -0.779. The van der Waals surface area contributed by atoms with Crippen molar-refractivity contribution in [2.24, 2.45) is 0 Å². The maximum Gasteiger partial charge on any atom is 0.320 e. The zero-order chi connectivity index (χ0) is 42.1. The van der Waals surface area contributed by atoms with Gasteiger partial charge in [0.05, 0.1) is 37.1 Å². The number of ether oxygens (including phenoxy) is 2. The number of nitrogens with zero attached hydrogens (tertiary/aromatic N) is 12. The van der Waals surface area contributed by atoms with Gasteiger partial charge in [-0.3, -0.25) is 14.5 Å². The maximum atomic E-state index is 14.4. The van der Waals surface area contributed by atoms with E-state index in [2.05, 4.69) is 53.4 Å². The van der Waals surface area contributed by atoms with Gasteiger partial charge in [0.25, 0.3) is 5.91 Å². The highest BCUT2D eigenvalue weighted by molar-refractivity contribution is 5.98. The van der Waals surface area contributed by atoms with E-state index in [1.807, 2.05) is 28.0 Å². The van der Waals surface area contributed by atoms with Crippen LogP contribution in [0.4, 0.5) is 9.18 Å². The van der Waals surface area contributed by atoms with Crippen molar-refractivity contribution < 1.29 is 28.2 Å². The van der Waals surface area contributed by atoms with E-state index >= 15 is 0 Å². The molecule has 19 heteroatoms. The van der Waals surface area contributed by atoms with Crippen LogP contribution < -0.4 is 10.1 Å². The predicted octanol–water partition coefficient (Wildman–Crippen LogP) is 2.91. The fraction of sp³-hybridized carbons (Fsp3) is 0.439. The number of aromatic nitrogens is 8. The van der Waals surface area contributed by atoms with E-state index in [1.165, 1.54) is 41.3 Å². The smallest absolute Gasteiger partial charge is 0.320 e. The first-order valence-corrected chi connectivity index (χ1v) is 20.1. The third-order valence-electron chi connectivity index (χ3n) is 11.4. The highest BCUT2D eigenvalue weighted by Gasteiger charge is 2.39. The Morgan fingerprint density at radius 2 is 1.57 bits per heavy atom. The van der Waals surface area contributed by atoms with Crippen LogP contribution in [0.1, 0.15) is 53.6 Å². The highest BCUT2D eigenvalue weighted by Crippen LogP contribution is 2.35. The lowest BCUT2D eigenvalue weighted by atomic mass is 9.80. The number of tetrazole rings is 2. The zero-order valence-electron chi connectivity index (χ0n) is 34.1. The van der Waals surface area contributed by atoms with Crippen LogP contribution in [0.3, 0.4) is 0 Å². The van der Waals surface area contributed by atoms with Crippen molar-refractivity contribution >= 4 is 17.9 Å². The molecule has 7 rings (SSSR count). The summed E-state index contributed by atoms with van der Waals surface area (Å²) in [4.78, 5) is 48.1. The van der Waals surface area contributed by atoms with Crippen LogP contribution in [0.25, 0.3) is 11.4 Å². The van der Waals surface area contributed by atoms with Gasteiger partial charge in [-0.15, -0.1) is 10.2 Å². The molecule has 18 nitrogen and oxygen atoms in total. The summed E-state index contributed by atoms with van der Waals surface area (Å²) >= 11 is 0. The molecule has 60 heavy (non-hydrogen) atoms. The number of amides is 3. The molecule has 1 atom stereocenters. The van der Waals surface area contributed by atoms with Gasteiger partial charge in [-0.05, 0) is 89.0 Å². The van der Waals surface area contributed by atoms with Gasteiger partial charge < -0.3 is 29.5 Å². The highest BCUT2D eigenvalue weighted by atomic mass is 19.1. The van der Waals surface area contributed by atoms with Crippen LogP contribution in [0.15, 0.2) is 79.4 Å². The Bertz CT molecular complexity index is 2180. The first kappa shape index (κ1) is 41.8. The largest absolute Gasteiger partial charge is 0.494 e. The number of hydrogen-bond acceptors (Lipinski definition) is 13. The number of likely N-dealkylation sites (tertiary alicyclic amines) is 1. The number of urea groups is 1. The van der Waals surface area contributed by atoms with Crippen LogP contribution in [-0.2, 0) is 15.1 Å². The Kier molecular flexibility index (Phi) is 13.3. The second kappa shape index (κ2) is 19.2. The SMILES string of the molecule is CCOC(=O)CN1CCN(C(=O)NC2(c3ccccc3)CCN(CC[C@H](CN(C)C(=O)c3cc(-n4cnnn4)cc(-n4cnnn4)c3OC)c3ccc(F)cc3)CC2)CC1. The van der Waals surface area contributed by atoms with Gasteiger partial charge >= 0.3 is 12.0 Å². The van der Waals surface area contributed by atoms with E-state index < -0.39 is 5.54 Å². The molecule has 0 bridgehead atoms. The molecule has 2 aromatic heterocycles. The third-order valence-corrected chi connectivity index (χ3v) is 11.4. The molecule has 0 spiro atoms. The number of hydrogen-bond donors (Lipinski definition) is 1. The van der Waals surface area contributed by atoms with Gasteiger partial charge in [0.15, 0.2) is 5.75 Å². The fourth-order valence-corrected chi connectivity index (χ4v) is 8.07. The number of piperazine rings is 1. The van der Waals surface area contributed by atoms with Crippen molar-refractivity contribution in [3.8, 4) is 17.1 Å². The number of piperidine rings is 1. The molecule has 3 amide bonds. The number of carbonyl (C=O) groups excluding carboxylic acids is 3. The number of nitrogens with one attached hydrogen (secondary N) is 1. The Hall–Kier alpha value is -6.34. The number of rotatable bonds is 15. The molecule has 0 saturated carbocycles. The molecular weight excluding hydrogens is 774 g/mol. The number of likely N-dealkylation sites (N-methyl/N-ethyl adjacent to an activating group) is 1. The normalized spacial score (nSPS) is 16.2. The van der Waals surface area contributed by atoms with E-state index in [0.717, 1.165) is 24.2 Å². The summed E-state index contributed by atoms with van der Waals surface area (Å²) in [6, 6.07) is 19.8. The molecule has 0 unspecified atom stereocenters. The summed E-state index contributed by atoms with van der Waals surface area (Å²) in [6.45, 7) is 7.08. The minimum Gasteiger partial charge on any atom is -0.494 e. The molecule has 2 aliphatic rings. The van der Waals surface area contributed by atoms with E-state index in [0.29, 0.717) is 76.5 Å². The van der Waals surface area contributed by atoms with Gasteiger partial charge in [0.1, 0.15) is 24.2 Å². The monoisotopic (exact) mass is 823 g/mol. The molecule has 3 aromatic carbocycles. The zero-order valence-corrected chi connectivity index (χ0v) is 34.1. The Balaban J connectivity index is 1.04. The van der Waals surface area contributed by atoms with E-state index in [9.17, 15) is 18.8 Å². The van der Waals surface area contributed by atoms with Crippen LogP contribution >= 0.6 is 0 Å². The van der Waals surface area contributed by atoms with E-state index in [-0.39, 0.29) is 47.5 Å². The molecule has 0 aliphatic carbocycles. The molecule has 5 aromatic rings. The summed E-state index contributed by atoms with van der Waals surface area (Å²) in [5.41, 5.74) is 2.58. The van der Waals surface area contributed by atoms with Gasteiger partial charge in [0, 0.05) is 58.8 Å². The fourth-order valence-electron chi connectivity index (χ4n) is 8.07. The number of esters is 1. The summed E-state index contributed by atoms with van der Waals surface area (Å²) < 4.78 is 27.9. The van der Waals surface area contributed by atoms with Crippen molar-refractivity contribution in [3.05, 3.63) is 102 Å². The average molecular weight is 824 g/mol. The second-order valence-electron chi connectivity index (χ2n) is 15.1. The van der Waals surface area contributed by atoms with Crippen LogP contribution in [0.2, 0.25) is 0 Å². The molecule has 316 valence electrons. The van der Waals surface area contributed by atoms with Crippen molar-refractivity contribution in [3.63, 3.8) is 0 Å². The third kappa shape index (κ3) is 9.74. The number of carbonyl (C=O) groups is 3. The topological polar surface area (TPSA) is 182 Å². The average Bonchev–Trinajstić information content (AvgIpc) is 4.02. The van der Waals surface area contributed by atoms with Gasteiger partial charge in [-0.2, -0.15) is 4.68 Å². The van der Waals surface area contributed by atoms with Crippen molar-refractivity contribution in [2.45, 2.75) is 37.6 Å². The van der Waals surface area contributed by atoms with Crippen LogP contribution in [-0.4, -0.2) is 158 Å². The Labute approximate surface area is 347 Å².